The Labute approximate surface area is 150 Å². The molecule has 0 aromatic carbocycles. The number of nitrogens with zero attached hydrogens (tertiary/aromatic N) is 3. The minimum absolute atomic E-state index is 0.163. The van der Waals surface area contributed by atoms with Gasteiger partial charge in [-0.25, -0.2) is 5.01 Å². The molecule has 0 aromatic heterocycles. The lowest BCUT2D eigenvalue weighted by Gasteiger charge is -2.29. The summed E-state index contributed by atoms with van der Waals surface area (Å²) in [5, 5.41) is 22.0. The molecule has 0 amide bonds. The second-order valence-corrected chi connectivity index (χ2v) is 6.13. The van der Waals surface area contributed by atoms with Crippen molar-refractivity contribution in [3.63, 3.8) is 0 Å². The number of rotatable bonds is 14. The van der Waals surface area contributed by atoms with Gasteiger partial charge in [0.1, 0.15) is 6.04 Å². The number of aliphatic carboxylic acids is 1. The smallest absolute Gasteiger partial charge is 0.320 e. The van der Waals surface area contributed by atoms with E-state index in [1.54, 1.807) is 0 Å². The molecule has 0 aliphatic heterocycles. The Morgan fingerprint density at radius 3 is 2.00 bits per heavy atom. The first-order chi connectivity index (χ1) is 11.8. The lowest BCUT2D eigenvalue weighted by atomic mass is 10.1. The Bertz CT molecular complexity index is 417. The summed E-state index contributed by atoms with van der Waals surface area (Å²) in [6.07, 6.45) is 5.97. The van der Waals surface area contributed by atoms with E-state index in [0.29, 0.717) is 25.8 Å². The molecule has 0 unspecified atom stereocenters. The maximum absolute atomic E-state index is 11.7. The van der Waals surface area contributed by atoms with Crippen molar-refractivity contribution in [2.24, 2.45) is 22.3 Å². The van der Waals surface area contributed by atoms with Gasteiger partial charge in [0.15, 0.2) is 0 Å². The van der Waals surface area contributed by atoms with E-state index in [1.807, 2.05) is 0 Å². The zero-order valence-electron chi connectivity index (χ0n) is 15.6. The van der Waals surface area contributed by atoms with E-state index in [0.717, 1.165) is 38.8 Å². The summed E-state index contributed by atoms with van der Waals surface area (Å²) >= 11 is 0. The van der Waals surface area contributed by atoms with E-state index in [-0.39, 0.29) is 11.9 Å². The molecule has 0 spiro atoms. The van der Waals surface area contributed by atoms with Crippen molar-refractivity contribution in [1.29, 1.82) is 5.41 Å². The molecule has 0 saturated heterocycles. The minimum atomic E-state index is -0.778. The standard InChI is InChI=1S/C16H35N7O2/c1-3-5-10-22(11-6-4-2)13(14(24)25)9-7-8-12-23(16(19)20)21-15(17)18/h13H,3-12H2,1-2H3,(H3,19,20)(H,24,25)(H4,17,18,21)/t13-/m1/s1. The summed E-state index contributed by atoms with van der Waals surface area (Å²) in [6.45, 7) is 6.20. The lowest BCUT2D eigenvalue weighted by molar-refractivity contribution is -0.143. The third kappa shape index (κ3) is 10.4. The first-order valence-corrected chi connectivity index (χ1v) is 9.01. The van der Waals surface area contributed by atoms with Gasteiger partial charge in [0.25, 0.3) is 0 Å². The highest BCUT2D eigenvalue weighted by atomic mass is 16.4. The summed E-state index contributed by atoms with van der Waals surface area (Å²) in [5.41, 5.74) is 16.0. The van der Waals surface area contributed by atoms with Crippen LogP contribution in [-0.2, 0) is 4.79 Å². The van der Waals surface area contributed by atoms with Crippen LogP contribution in [-0.4, -0.2) is 58.6 Å². The summed E-state index contributed by atoms with van der Waals surface area (Å²) in [7, 11) is 0. The maximum atomic E-state index is 11.7. The van der Waals surface area contributed by atoms with Crippen LogP contribution in [0.3, 0.4) is 0 Å². The van der Waals surface area contributed by atoms with Crippen molar-refractivity contribution >= 4 is 17.9 Å². The molecule has 8 N–H and O–H groups in total. The van der Waals surface area contributed by atoms with Crippen LogP contribution in [0.25, 0.3) is 0 Å². The molecule has 0 aliphatic rings. The highest BCUT2D eigenvalue weighted by Gasteiger charge is 2.24. The average Bonchev–Trinajstić information content (AvgIpc) is 2.53. The van der Waals surface area contributed by atoms with Gasteiger partial charge in [-0.3, -0.25) is 15.1 Å². The fraction of sp³-hybridized carbons (Fsp3) is 0.812. The number of nitrogens with two attached hydrogens (primary N) is 3. The third-order valence-electron chi connectivity index (χ3n) is 3.94. The fourth-order valence-corrected chi connectivity index (χ4v) is 2.57. The molecule has 146 valence electrons. The second-order valence-electron chi connectivity index (χ2n) is 6.13. The average molecular weight is 358 g/mol. The predicted octanol–water partition coefficient (Wildman–Crippen LogP) is 0.896. The molecule has 0 fully saturated rings. The quantitative estimate of drug-likeness (QED) is 0.134. The zero-order chi connectivity index (χ0) is 19.2. The molecule has 1 atom stereocenters. The molecular formula is C16H35N7O2. The highest BCUT2D eigenvalue weighted by Crippen LogP contribution is 2.13. The molecule has 9 nitrogen and oxygen atoms in total. The van der Waals surface area contributed by atoms with E-state index in [1.165, 1.54) is 5.01 Å². The van der Waals surface area contributed by atoms with Crippen molar-refractivity contribution in [3.05, 3.63) is 0 Å². The van der Waals surface area contributed by atoms with Gasteiger partial charge in [-0.05, 0) is 45.2 Å². The normalized spacial score (nSPS) is 12.0. The Morgan fingerprint density at radius 2 is 1.60 bits per heavy atom. The van der Waals surface area contributed by atoms with E-state index in [9.17, 15) is 9.90 Å². The largest absolute Gasteiger partial charge is 0.480 e. The van der Waals surface area contributed by atoms with Crippen LogP contribution in [0.1, 0.15) is 58.8 Å². The summed E-state index contributed by atoms with van der Waals surface area (Å²) < 4.78 is 0. The van der Waals surface area contributed by atoms with Crippen molar-refractivity contribution in [3.8, 4) is 0 Å². The van der Waals surface area contributed by atoms with Crippen molar-refractivity contribution in [2.45, 2.75) is 64.8 Å². The first-order valence-electron chi connectivity index (χ1n) is 9.01. The van der Waals surface area contributed by atoms with E-state index >= 15 is 0 Å². The third-order valence-corrected chi connectivity index (χ3v) is 3.94. The number of carboxylic acid groups (broad SMARTS) is 1. The van der Waals surface area contributed by atoms with Crippen LogP contribution in [0.4, 0.5) is 0 Å². The van der Waals surface area contributed by atoms with Crippen LogP contribution < -0.4 is 17.2 Å². The highest BCUT2D eigenvalue weighted by molar-refractivity contribution is 5.80. The lowest BCUT2D eigenvalue weighted by Crippen LogP contribution is -2.42. The summed E-state index contributed by atoms with van der Waals surface area (Å²) in [4.78, 5) is 13.8. The number of carboxylic acids is 1. The van der Waals surface area contributed by atoms with Crippen LogP contribution >= 0.6 is 0 Å². The van der Waals surface area contributed by atoms with Crippen molar-refractivity contribution < 1.29 is 9.90 Å². The van der Waals surface area contributed by atoms with Gasteiger partial charge < -0.3 is 22.3 Å². The molecule has 0 rings (SSSR count). The van der Waals surface area contributed by atoms with Crippen LogP contribution in [0.2, 0.25) is 0 Å². The van der Waals surface area contributed by atoms with Gasteiger partial charge in [0.2, 0.25) is 11.9 Å². The van der Waals surface area contributed by atoms with Crippen LogP contribution in [0.5, 0.6) is 0 Å². The predicted molar refractivity (Wildman–Crippen MR) is 101 cm³/mol. The van der Waals surface area contributed by atoms with Gasteiger partial charge in [0.05, 0.1) is 0 Å². The number of nitrogens with one attached hydrogen (secondary N) is 1. The number of unbranched alkanes of at least 4 members (excludes halogenated alkanes) is 3. The van der Waals surface area contributed by atoms with Gasteiger partial charge in [-0.15, -0.1) is 5.10 Å². The van der Waals surface area contributed by atoms with E-state index in [2.05, 4.69) is 23.8 Å². The molecular weight excluding hydrogens is 322 g/mol. The van der Waals surface area contributed by atoms with Gasteiger partial charge in [-0.1, -0.05) is 26.7 Å². The summed E-state index contributed by atoms with van der Waals surface area (Å²) in [6, 6.07) is -0.480. The van der Waals surface area contributed by atoms with E-state index < -0.39 is 12.0 Å². The topological polar surface area (TPSA) is 158 Å². The minimum Gasteiger partial charge on any atom is -0.480 e. The molecule has 0 aliphatic carbocycles. The molecule has 0 aromatic rings. The Morgan fingerprint density at radius 1 is 1.04 bits per heavy atom. The fourth-order valence-electron chi connectivity index (χ4n) is 2.57. The molecule has 0 radical (unpaired) electrons. The second kappa shape index (κ2) is 13.3. The zero-order valence-corrected chi connectivity index (χ0v) is 15.6. The van der Waals surface area contributed by atoms with Crippen LogP contribution in [0, 0.1) is 5.41 Å². The Balaban J connectivity index is 4.60. The van der Waals surface area contributed by atoms with Gasteiger partial charge in [-0.2, -0.15) is 0 Å². The van der Waals surface area contributed by atoms with Gasteiger partial charge >= 0.3 is 5.97 Å². The van der Waals surface area contributed by atoms with E-state index in [4.69, 9.17) is 22.6 Å². The monoisotopic (exact) mass is 357 g/mol. The van der Waals surface area contributed by atoms with Crippen molar-refractivity contribution in [2.75, 3.05) is 19.6 Å². The number of guanidine groups is 2. The SMILES string of the molecule is CCCCN(CCCC)[C@H](CCCCN(N=C(N)N)C(=N)N)C(=O)O. The number of hydrogen-bond acceptors (Lipinski definition) is 4. The number of hydrogen-bond donors (Lipinski definition) is 5. The Hall–Kier alpha value is -2.03. The summed E-state index contributed by atoms with van der Waals surface area (Å²) in [5.74, 6) is -1.18. The number of carbonyl (C=O) groups is 1. The number of hydrazone groups is 1. The van der Waals surface area contributed by atoms with Crippen molar-refractivity contribution in [1.82, 2.24) is 9.91 Å². The molecule has 9 heteroatoms. The Kier molecular flexibility index (Phi) is 12.2. The maximum Gasteiger partial charge on any atom is 0.320 e. The molecule has 0 saturated carbocycles. The molecule has 25 heavy (non-hydrogen) atoms. The first kappa shape index (κ1) is 23.0. The molecule has 0 heterocycles. The van der Waals surface area contributed by atoms with Crippen LogP contribution in [0.15, 0.2) is 5.10 Å². The molecule has 0 bridgehead atoms. The van der Waals surface area contributed by atoms with Gasteiger partial charge in [0, 0.05) is 6.54 Å².